The third-order valence-corrected chi connectivity index (χ3v) is 3.31. The van der Waals surface area contributed by atoms with Crippen LogP contribution < -0.4 is 11.1 Å². The molecule has 19 heavy (non-hydrogen) atoms. The second-order valence-corrected chi connectivity index (χ2v) is 4.78. The Kier molecular flexibility index (Phi) is 5.63. The Balaban J connectivity index is 2.41. The summed E-state index contributed by atoms with van der Waals surface area (Å²) in [6, 6.07) is 4.13. The fourth-order valence-electron chi connectivity index (χ4n) is 1.68. The van der Waals surface area contributed by atoms with Gasteiger partial charge in [-0.15, -0.1) is 0 Å². The number of amides is 1. The molecule has 106 valence electrons. The average Bonchev–Trinajstić information content (AvgIpc) is 2.40. The molecule has 5 heteroatoms. The summed E-state index contributed by atoms with van der Waals surface area (Å²) in [5, 5.41) is 21.3. The minimum Gasteiger partial charge on any atom is -0.504 e. The molecule has 1 rings (SSSR count). The van der Waals surface area contributed by atoms with E-state index in [0.29, 0.717) is 13.0 Å². The van der Waals surface area contributed by atoms with Crippen molar-refractivity contribution in [2.24, 2.45) is 11.7 Å². The molecule has 0 bridgehead atoms. The zero-order chi connectivity index (χ0) is 14.4. The van der Waals surface area contributed by atoms with Crippen molar-refractivity contribution in [3.05, 3.63) is 23.8 Å². The molecule has 0 aliphatic rings. The predicted molar refractivity (Wildman–Crippen MR) is 73.9 cm³/mol. The smallest absolute Gasteiger partial charge is 0.237 e. The summed E-state index contributed by atoms with van der Waals surface area (Å²) in [5.41, 5.74) is 6.65. The van der Waals surface area contributed by atoms with Crippen LogP contribution in [0.1, 0.15) is 25.8 Å². The van der Waals surface area contributed by atoms with Gasteiger partial charge in [-0.3, -0.25) is 4.79 Å². The van der Waals surface area contributed by atoms with Gasteiger partial charge in [0.15, 0.2) is 11.5 Å². The van der Waals surface area contributed by atoms with Crippen molar-refractivity contribution in [1.29, 1.82) is 0 Å². The molecule has 0 spiro atoms. The van der Waals surface area contributed by atoms with Gasteiger partial charge in [-0.05, 0) is 30.0 Å². The van der Waals surface area contributed by atoms with Gasteiger partial charge in [0.1, 0.15) is 0 Å². The summed E-state index contributed by atoms with van der Waals surface area (Å²) in [4.78, 5) is 11.7. The van der Waals surface area contributed by atoms with E-state index >= 15 is 0 Å². The van der Waals surface area contributed by atoms with Crippen LogP contribution in [0.25, 0.3) is 0 Å². The van der Waals surface area contributed by atoms with Gasteiger partial charge in [-0.25, -0.2) is 0 Å². The van der Waals surface area contributed by atoms with E-state index in [1.54, 1.807) is 6.07 Å². The van der Waals surface area contributed by atoms with E-state index in [9.17, 15) is 15.0 Å². The number of aromatic hydroxyl groups is 2. The van der Waals surface area contributed by atoms with Gasteiger partial charge in [0.25, 0.3) is 0 Å². The average molecular weight is 266 g/mol. The topological polar surface area (TPSA) is 95.6 Å². The van der Waals surface area contributed by atoms with E-state index in [0.717, 1.165) is 12.0 Å². The highest BCUT2D eigenvalue weighted by molar-refractivity contribution is 5.81. The van der Waals surface area contributed by atoms with Crippen LogP contribution in [0.3, 0.4) is 0 Å². The zero-order valence-corrected chi connectivity index (χ0v) is 11.4. The molecule has 0 radical (unpaired) electrons. The summed E-state index contributed by atoms with van der Waals surface area (Å²) in [6.45, 7) is 4.40. The maximum Gasteiger partial charge on any atom is 0.237 e. The van der Waals surface area contributed by atoms with Gasteiger partial charge in [0, 0.05) is 6.54 Å². The van der Waals surface area contributed by atoms with Crippen LogP contribution in [0.5, 0.6) is 11.5 Å². The van der Waals surface area contributed by atoms with Crippen LogP contribution >= 0.6 is 0 Å². The maximum absolute atomic E-state index is 11.7. The molecule has 0 aliphatic heterocycles. The SMILES string of the molecule is CC[C@H](C)[C@H](N)C(=O)NCCc1ccc(O)c(O)c1. The molecule has 1 aromatic carbocycles. The van der Waals surface area contributed by atoms with E-state index in [2.05, 4.69) is 5.32 Å². The summed E-state index contributed by atoms with van der Waals surface area (Å²) in [7, 11) is 0. The number of hydrogen-bond donors (Lipinski definition) is 4. The summed E-state index contributed by atoms with van der Waals surface area (Å²) in [5.74, 6) is -0.304. The molecule has 2 atom stereocenters. The van der Waals surface area contributed by atoms with Crippen molar-refractivity contribution < 1.29 is 15.0 Å². The lowest BCUT2D eigenvalue weighted by Crippen LogP contribution is -2.45. The number of benzene rings is 1. The molecule has 5 N–H and O–H groups in total. The number of phenolic OH excluding ortho intramolecular Hbond substituents is 2. The Labute approximate surface area is 113 Å². The first-order valence-electron chi connectivity index (χ1n) is 6.49. The minimum atomic E-state index is -0.488. The third-order valence-electron chi connectivity index (χ3n) is 3.31. The number of rotatable bonds is 6. The molecule has 0 heterocycles. The van der Waals surface area contributed by atoms with Crippen LogP contribution in [-0.4, -0.2) is 28.7 Å². The van der Waals surface area contributed by atoms with Gasteiger partial charge in [0.2, 0.25) is 5.91 Å². The Bertz CT molecular complexity index is 435. The second kappa shape index (κ2) is 6.99. The highest BCUT2D eigenvalue weighted by atomic mass is 16.3. The Hall–Kier alpha value is -1.75. The first kappa shape index (κ1) is 15.3. The zero-order valence-electron chi connectivity index (χ0n) is 11.4. The monoisotopic (exact) mass is 266 g/mol. The van der Waals surface area contributed by atoms with Crippen LogP contribution in [0.4, 0.5) is 0 Å². The number of phenols is 2. The van der Waals surface area contributed by atoms with Gasteiger partial charge in [-0.1, -0.05) is 26.3 Å². The predicted octanol–water partition coefficient (Wildman–Crippen LogP) is 1.13. The lowest BCUT2D eigenvalue weighted by atomic mass is 9.99. The first-order valence-corrected chi connectivity index (χ1v) is 6.49. The molecule has 0 unspecified atom stereocenters. The van der Waals surface area contributed by atoms with Crippen molar-refractivity contribution in [2.75, 3.05) is 6.54 Å². The Morgan fingerprint density at radius 2 is 2.05 bits per heavy atom. The fraction of sp³-hybridized carbons (Fsp3) is 0.500. The largest absolute Gasteiger partial charge is 0.504 e. The number of carbonyl (C=O) groups is 1. The Morgan fingerprint density at radius 3 is 2.63 bits per heavy atom. The molecule has 0 fully saturated rings. The fourth-order valence-corrected chi connectivity index (χ4v) is 1.68. The quantitative estimate of drug-likeness (QED) is 0.580. The molecule has 1 amide bonds. The molecule has 0 aromatic heterocycles. The summed E-state index contributed by atoms with van der Waals surface area (Å²) >= 11 is 0. The molecule has 5 nitrogen and oxygen atoms in total. The number of carbonyl (C=O) groups excluding carboxylic acids is 1. The van der Waals surface area contributed by atoms with E-state index in [4.69, 9.17) is 5.73 Å². The molecule has 0 saturated heterocycles. The molecular weight excluding hydrogens is 244 g/mol. The highest BCUT2D eigenvalue weighted by Crippen LogP contribution is 2.24. The van der Waals surface area contributed by atoms with E-state index in [1.165, 1.54) is 12.1 Å². The lowest BCUT2D eigenvalue weighted by molar-refractivity contribution is -0.123. The van der Waals surface area contributed by atoms with Gasteiger partial charge < -0.3 is 21.3 Å². The van der Waals surface area contributed by atoms with Crippen LogP contribution in [0, 0.1) is 5.92 Å². The van der Waals surface area contributed by atoms with Crippen molar-refractivity contribution in [1.82, 2.24) is 5.32 Å². The summed E-state index contributed by atoms with van der Waals surface area (Å²) < 4.78 is 0. The standard InChI is InChI=1S/C14H22N2O3/c1-3-9(2)13(15)14(19)16-7-6-10-4-5-11(17)12(18)8-10/h4-5,8-9,13,17-18H,3,6-7,15H2,1-2H3,(H,16,19)/t9-,13-/m0/s1. The van der Waals surface area contributed by atoms with E-state index < -0.39 is 6.04 Å². The minimum absolute atomic E-state index is 0.147. The summed E-state index contributed by atoms with van der Waals surface area (Å²) in [6.07, 6.45) is 1.44. The van der Waals surface area contributed by atoms with Crippen LogP contribution in [-0.2, 0) is 11.2 Å². The van der Waals surface area contributed by atoms with Gasteiger partial charge >= 0.3 is 0 Å². The Morgan fingerprint density at radius 1 is 1.37 bits per heavy atom. The van der Waals surface area contributed by atoms with Gasteiger partial charge in [-0.2, -0.15) is 0 Å². The van der Waals surface area contributed by atoms with Gasteiger partial charge in [0.05, 0.1) is 6.04 Å². The van der Waals surface area contributed by atoms with Crippen LogP contribution in [0.2, 0.25) is 0 Å². The van der Waals surface area contributed by atoms with Crippen molar-refractivity contribution in [3.8, 4) is 11.5 Å². The number of nitrogens with two attached hydrogens (primary N) is 1. The molecule has 1 aromatic rings. The van der Waals surface area contributed by atoms with E-state index in [1.807, 2.05) is 13.8 Å². The maximum atomic E-state index is 11.7. The molecular formula is C14H22N2O3. The van der Waals surface area contributed by atoms with Crippen molar-refractivity contribution in [2.45, 2.75) is 32.7 Å². The lowest BCUT2D eigenvalue weighted by Gasteiger charge is -2.17. The third kappa shape index (κ3) is 4.44. The first-order chi connectivity index (χ1) is 8.95. The number of nitrogens with one attached hydrogen (secondary N) is 1. The van der Waals surface area contributed by atoms with E-state index in [-0.39, 0.29) is 23.3 Å². The van der Waals surface area contributed by atoms with Crippen molar-refractivity contribution in [3.63, 3.8) is 0 Å². The number of hydrogen-bond acceptors (Lipinski definition) is 4. The second-order valence-electron chi connectivity index (χ2n) is 4.78. The van der Waals surface area contributed by atoms with Crippen molar-refractivity contribution >= 4 is 5.91 Å². The van der Waals surface area contributed by atoms with Crippen LogP contribution in [0.15, 0.2) is 18.2 Å². The molecule has 0 saturated carbocycles. The molecule has 0 aliphatic carbocycles. The normalized spacial score (nSPS) is 13.8. The highest BCUT2D eigenvalue weighted by Gasteiger charge is 2.18.